The summed E-state index contributed by atoms with van der Waals surface area (Å²) in [5, 5.41) is 8.39. The zero-order valence-corrected chi connectivity index (χ0v) is 13.6. The van der Waals surface area contributed by atoms with Gasteiger partial charge in [0, 0.05) is 0 Å². The minimum absolute atomic E-state index is 0.0700. The van der Waals surface area contributed by atoms with Crippen LogP contribution >= 0.6 is 0 Å². The molecule has 0 aliphatic heterocycles. The highest BCUT2D eigenvalue weighted by molar-refractivity contribution is 5.76. The van der Waals surface area contributed by atoms with Gasteiger partial charge in [-0.3, -0.25) is 19.3 Å². The highest BCUT2D eigenvalue weighted by Gasteiger charge is 2.06. The predicted molar refractivity (Wildman–Crippen MR) is 79.0 cm³/mol. The van der Waals surface area contributed by atoms with Crippen molar-refractivity contribution in [1.82, 2.24) is 4.90 Å². The summed E-state index contributed by atoms with van der Waals surface area (Å²) < 4.78 is 20.0. The lowest BCUT2D eigenvalue weighted by atomic mass is 10.3. The average molecular weight is 335 g/mol. The van der Waals surface area contributed by atoms with E-state index in [2.05, 4.69) is 0 Å². The van der Waals surface area contributed by atoms with Crippen LogP contribution in [0.5, 0.6) is 0 Å². The number of carboxylic acids is 1. The molecule has 0 radical (unpaired) electrons. The van der Waals surface area contributed by atoms with Gasteiger partial charge in [0.05, 0.1) is 45.8 Å². The SMILES string of the molecule is CN(C)CC(=O)OCCOCCOCCOC(=O)CCC(=O)O. The molecule has 0 bridgehead atoms. The second-order valence-corrected chi connectivity index (χ2v) is 4.80. The Kier molecular flexibility index (Phi) is 12.9. The van der Waals surface area contributed by atoms with Crippen LogP contribution in [0.15, 0.2) is 0 Å². The summed E-state index contributed by atoms with van der Waals surface area (Å²) in [6.07, 6.45) is -0.391. The maximum atomic E-state index is 11.2. The van der Waals surface area contributed by atoms with E-state index in [9.17, 15) is 14.4 Å². The lowest BCUT2D eigenvalue weighted by Gasteiger charge is -2.10. The van der Waals surface area contributed by atoms with Crippen molar-refractivity contribution in [3.8, 4) is 0 Å². The largest absolute Gasteiger partial charge is 0.481 e. The number of carbonyl (C=O) groups is 3. The molecule has 0 atom stereocenters. The van der Waals surface area contributed by atoms with Gasteiger partial charge in [-0.05, 0) is 14.1 Å². The molecule has 9 nitrogen and oxygen atoms in total. The van der Waals surface area contributed by atoms with Crippen molar-refractivity contribution in [3.05, 3.63) is 0 Å². The molecule has 0 aliphatic carbocycles. The van der Waals surface area contributed by atoms with Crippen molar-refractivity contribution in [2.24, 2.45) is 0 Å². The van der Waals surface area contributed by atoms with E-state index in [4.69, 9.17) is 24.1 Å². The maximum Gasteiger partial charge on any atom is 0.320 e. The number of nitrogens with zero attached hydrogens (tertiary/aromatic N) is 1. The molecular weight excluding hydrogens is 310 g/mol. The van der Waals surface area contributed by atoms with Gasteiger partial charge in [0.1, 0.15) is 13.2 Å². The molecule has 9 heteroatoms. The minimum Gasteiger partial charge on any atom is -0.481 e. The fourth-order valence-electron chi connectivity index (χ4n) is 1.34. The molecule has 0 aromatic rings. The summed E-state index contributed by atoms with van der Waals surface area (Å²) in [5.41, 5.74) is 0. The molecule has 0 unspecified atom stereocenters. The molecule has 0 aromatic heterocycles. The number of esters is 2. The smallest absolute Gasteiger partial charge is 0.320 e. The van der Waals surface area contributed by atoms with Crippen LogP contribution in [0.4, 0.5) is 0 Å². The van der Waals surface area contributed by atoms with Gasteiger partial charge in [-0.2, -0.15) is 0 Å². The monoisotopic (exact) mass is 335 g/mol. The molecular formula is C14H25NO8. The van der Waals surface area contributed by atoms with Crippen molar-refractivity contribution in [2.75, 3.05) is 60.3 Å². The Balaban J connectivity index is 3.26. The fourth-order valence-corrected chi connectivity index (χ4v) is 1.34. The first-order valence-corrected chi connectivity index (χ1v) is 7.25. The number of aliphatic carboxylic acids is 1. The van der Waals surface area contributed by atoms with Crippen LogP contribution in [0.25, 0.3) is 0 Å². The number of likely N-dealkylation sites (N-methyl/N-ethyl adjacent to an activating group) is 1. The van der Waals surface area contributed by atoms with Gasteiger partial charge < -0.3 is 24.1 Å². The summed E-state index contributed by atoms with van der Waals surface area (Å²) in [6, 6.07) is 0. The highest BCUT2D eigenvalue weighted by Crippen LogP contribution is 1.93. The Morgan fingerprint density at radius 1 is 0.783 bits per heavy atom. The number of carbonyl (C=O) groups excluding carboxylic acids is 2. The maximum absolute atomic E-state index is 11.2. The van der Waals surface area contributed by atoms with Crippen LogP contribution in [-0.4, -0.2) is 88.2 Å². The summed E-state index contributed by atoms with van der Waals surface area (Å²) in [5.74, 6) is -1.91. The second-order valence-electron chi connectivity index (χ2n) is 4.80. The number of hydrogen-bond donors (Lipinski definition) is 1. The highest BCUT2D eigenvalue weighted by atomic mass is 16.6. The Labute approximate surface area is 135 Å². The third-order valence-corrected chi connectivity index (χ3v) is 2.34. The van der Waals surface area contributed by atoms with Crippen molar-refractivity contribution < 1.29 is 38.4 Å². The number of ether oxygens (including phenoxy) is 4. The third-order valence-electron chi connectivity index (χ3n) is 2.34. The van der Waals surface area contributed by atoms with E-state index in [0.717, 1.165) is 0 Å². The summed E-state index contributed by atoms with van der Waals surface area (Å²) >= 11 is 0. The van der Waals surface area contributed by atoms with Crippen LogP contribution < -0.4 is 0 Å². The first-order valence-electron chi connectivity index (χ1n) is 7.25. The van der Waals surface area contributed by atoms with Crippen LogP contribution in [-0.2, 0) is 33.3 Å². The van der Waals surface area contributed by atoms with Gasteiger partial charge in [0.25, 0.3) is 0 Å². The molecule has 0 heterocycles. The number of carboxylic acid groups (broad SMARTS) is 1. The Bertz CT molecular complexity index is 359. The van der Waals surface area contributed by atoms with Gasteiger partial charge >= 0.3 is 17.9 Å². The van der Waals surface area contributed by atoms with E-state index in [0.29, 0.717) is 13.2 Å². The van der Waals surface area contributed by atoms with E-state index >= 15 is 0 Å². The molecule has 0 amide bonds. The van der Waals surface area contributed by atoms with E-state index in [-0.39, 0.29) is 51.8 Å². The Hall–Kier alpha value is -1.71. The van der Waals surface area contributed by atoms with Crippen LogP contribution in [0.3, 0.4) is 0 Å². The molecule has 1 N–H and O–H groups in total. The van der Waals surface area contributed by atoms with Gasteiger partial charge in [-0.1, -0.05) is 0 Å². The first-order chi connectivity index (χ1) is 10.9. The standard InChI is InChI=1S/C14H25NO8/c1-15(2)11-14(19)23-10-8-21-6-5-20-7-9-22-13(18)4-3-12(16)17/h3-11H2,1-2H3,(H,16,17). The van der Waals surface area contributed by atoms with Crippen LogP contribution in [0, 0.1) is 0 Å². The summed E-state index contributed by atoms with van der Waals surface area (Å²) in [6.45, 7) is 1.63. The average Bonchev–Trinajstić information content (AvgIpc) is 2.46. The third kappa shape index (κ3) is 16.5. The minimum atomic E-state index is -1.04. The first kappa shape index (κ1) is 21.3. The molecule has 0 aliphatic rings. The van der Waals surface area contributed by atoms with Gasteiger partial charge in [0.2, 0.25) is 0 Å². The van der Waals surface area contributed by atoms with E-state index in [1.165, 1.54) is 0 Å². The van der Waals surface area contributed by atoms with Gasteiger partial charge in [-0.25, -0.2) is 0 Å². The molecule has 0 rings (SSSR count). The topological polar surface area (TPSA) is 112 Å². The second kappa shape index (κ2) is 13.9. The lowest BCUT2D eigenvalue weighted by Crippen LogP contribution is -2.24. The molecule has 0 fully saturated rings. The molecule has 134 valence electrons. The van der Waals surface area contributed by atoms with E-state index < -0.39 is 11.9 Å². The predicted octanol–water partition coefficient (Wildman–Crippen LogP) is -0.468. The zero-order chi connectivity index (χ0) is 17.5. The quantitative estimate of drug-likeness (QED) is 0.332. The van der Waals surface area contributed by atoms with Crippen LogP contribution in [0.1, 0.15) is 12.8 Å². The number of hydrogen-bond acceptors (Lipinski definition) is 8. The number of rotatable bonds is 14. The Morgan fingerprint density at radius 2 is 1.26 bits per heavy atom. The van der Waals surface area contributed by atoms with Gasteiger partial charge in [0.15, 0.2) is 0 Å². The van der Waals surface area contributed by atoms with Crippen molar-refractivity contribution in [3.63, 3.8) is 0 Å². The van der Waals surface area contributed by atoms with Gasteiger partial charge in [-0.15, -0.1) is 0 Å². The lowest BCUT2D eigenvalue weighted by molar-refractivity contribution is -0.149. The van der Waals surface area contributed by atoms with Crippen LogP contribution in [0.2, 0.25) is 0 Å². The Morgan fingerprint density at radius 3 is 1.74 bits per heavy atom. The molecule has 0 saturated carbocycles. The molecule has 0 spiro atoms. The fraction of sp³-hybridized carbons (Fsp3) is 0.786. The van der Waals surface area contributed by atoms with Crippen molar-refractivity contribution in [2.45, 2.75) is 12.8 Å². The zero-order valence-electron chi connectivity index (χ0n) is 13.6. The molecule has 0 saturated heterocycles. The summed E-state index contributed by atoms with van der Waals surface area (Å²) in [4.78, 5) is 34.2. The van der Waals surface area contributed by atoms with Crippen molar-refractivity contribution >= 4 is 17.9 Å². The summed E-state index contributed by atoms with van der Waals surface area (Å²) in [7, 11) is 3.55. The van der Waals surface area contributed by atoms with E-state index in [1.807, 2.05) is 0 Å². The molecule has 23 heavy (non-hydrogen) atoms. The normalized spacial score (nSPS) is 10.6. The molecule has 0 aromatic carbocycles. The van der Waals surface area contributed by atoms with Crippen molar-refractivity contribution in [1.29, 1.82) is 0 Å². The van der Waals surface area contributed by atoms with E-state index in [1.54, 1.807) is 19.0 Å².